The largest absolute Gasteiger partial charge is 0.480 e. The summed E-state index contributed by atoms with van der Waals surface area (Å²) in [6.07, 6.45) is 0.805. The Kier molecular flexibility index (Phi) is 7.66. The van der Waals surface area contributed by atoms with Gasteiger partial charge in [-0.1, -0.05) is 60.7 Å². The van der Waals surface area contributed by atoms with E-state index < -0.39 is 5.97 Å². The highest BCUT2D eigenvalue weighted by Crippen LogP contribution is 2.05. The molecule has 0 aliphatic carbocycles. The Morgan fingerprint density at radius 2 is 1.52 bits per heavy atom. The van der Waals surface area contributed by atoms with Gasteiger partial charge >= 0.3 is 5.97 Å². The summed E-state index contributed by atoms with van der Waals surface area (Å²) in [4.78, 5) is 24.7. The van der Waals surface area contributed by atoms with Crippen LogP contribution in [0.4, 0.5) is 0 Å². The summed E-state index contributed by atoms with van der Waals surface area (Å²) in [6.45, 7) is 0.810. The van der Waals surface area contributed by atoms with Crippen LogP contribution >= 0.6 is 0 Å². The number of hydrogen-bond donors (Lipinski definition) is 1. The molecule has 0 heterocycles. The number of carboxylic acid groups (broad SMARTS) is 1. The Labute approximate surface area is 147 Å². The van der Waals surface area contributed by atoms with Crippen LogP contribution in [0, 0.1) is 0 Å². The number of carbonyl (C=O) groups is 2. The smallest absolute Gasteiger partial charge is 0.323 e. The normalized spacial score (nSPS) is 10.4. The Morgan fingerprint density at radius 3 is 2.12 bits per heavy atom. The van der Waals surface area contributed by atoms with Gasteiger partial charge in [-0.05, 0) is 17.5 Å². The lowest BCUT2D eigenvalue weighted by Crippen LogP contribution is -2.37. The van der Waals surface area contributed by atoms with Crippen LogP contribution in [-0.2, 0) is 27.4 Å². The van der Waals surface area contributed by atoms with Gasteiger partial charge < -0.3 is 14.7 Å². The molecule has 0 aromatic heterocycles. The number of rotatable bonds is 10. The van der Waals surface area contributed by atoms with Crippen LogP contribution in [0.2, 0.25) is 0 Å². The van der Waals surface area contributed by atoms with Crippen molar-refractivity contribution in [2.24, 2.45) is 0 Å². The van der Waals surface area contributed by atoms with Crippen LogP contribution in [0.15, 0.2) is 60.7 Å². The molecule has 2 rings (SSSR count). The quantitative estimate of drug-likeness (QED) is 0.675. The first kappa shape index (κ1) is 18.7. The van der Waals surface area contributed by atoms with Gasteiger partial charge in [0.2, 0.25) is 5.91 Å². The van der Waals surface area contributed by atoms with Crippen molar-refractivity contribution >= 4 is 11.9 Å². The fourth-order valence-corrected chi connectivity index (χ4v) is 2.45. The molecule has 0 bridgehead atoms. The second-order valence-corrected chi connectivity index (χ2v) is 5.73. The van der Waals surface area contributed by atoms with E-state index in [1.807, 2.05) is 60.7 Å². The molecule has 0 saturated heterocycles. The highest BCUT2D eigenvalue weighted by Gasteiger charge is 2.16. The third-order valence-electron chi connectivity index (χ3n) is 3.76. The van der Waals surface area contributed by atoms with Crippen LogP contribution in [-0.4, -0.2) is 41.6 Å². The molecule has 25 heavy (non-hydrogen) atoms. The van der Waals surface area contributed by atoms with Gasteiger partial charge in [0.25, 0.3) is 0 Å². The minimum atomic E-state index is -1.01. The summed E-state index contributed by atoms with van der Waals surface area (Å²) < 4.78 is 5.51. The first-order chi connectivity index (χ1) is 12.1. The maximum Gasteiger partial charge on any atom is 0.323 e. The van der Waals surface area contributed by atoms with Crippen LogP contribution in [0.1, 0.15) is 17.5 Å². The number of carbonyl (C=O) groups excluding carboxylic acids is 1. The number of benzene rings is 2. The number of carboxylic acids is 1. The first-order valence-electron chi connectivity index (χ1n) is 8.30. The lowest BCUT2D eigenvalue weighted by molar-refractivity contribution is -0.144. The minimum absolute atomic E-state index is 0.175. The highest BCUT2D eigenvalue weighted by atomic mass is 16.5. The zero-order chi connectivity index (χ0) is 17.9. The van der Waals surface area contributed by atoms with E-state index in [0.29, 0.717) is 19.6 Å². The number of hydrogen-bond acceptors (Lipinski definition) is 3. The summed E-state index contributed by atoms with van der Waals surface area (Å²) >= 11 is 0. The Balaban J connectivity index is 1.77. The lowest BCUT2D eigenvalue weighted by Gasteiger charge is -2.21. The van der Waals surface area contributed by atoms with Crippen LogP contribution in [0.25, 0.3) is 0 Å². The molecule has 0 atom stereocenters. The summed E-state index contributed by atoms with van der Waals surface area (Å²) in [7, 11) is 0. The van der Waals surface area contributed by atoms with Crippen molar-refractivity contribution in [1.29, 1.82) is 0 Å². The highest BCUT2D eigenvalue weighted by molar-refractivity contribution is 5.81. The molecule has 0 unspecified atom stereocenters. The lowest BCUT2D eigenvalue weighted by atomic mass is 10.1. The zero-order valence-corrected chi connectivity index (χ0v) is 14.1. The van der Waals surface area contributed by atoms with E-state index in [-0.39, 0.29) is 25.5 Å². The van der Waals surface area contributed by atoms with Crippen molar-refractivity contribution in [2.45, 2.75) is 19.4 Å². The van der Waals surface area contributed by atoms with Crippen LogP contribution in [0.3, 0.4) is 0 Å². The van der Waals surface area contributed by atoms with Gasteiger partial charge in [-0.3, -0.25) is 9.59 Å². The number of ether oxygens (including phenoxy) is 1. The predicted octanol–water partition coefficient (Wildman–Crippen LogP) is 2.75. The number of nitrogens with zero attached hydrogens (tertiary/aromatic N) is 1. The maximum absolute atomic E-state index is 12.3. The van der Waals surface area contributed by atoms with Gasteiger partial charge in [-0.25, -0.2) is 0 Å². The molecule has 0 spiro atoms. The van der Waals surface area contributed by atoms with E-state index in [1.165, 1.54) is 4.90 Å². The molecular weight excluding hydrogens is 318 g/mol. The minimum Gasteiger partial charge on any atom is -0.480 e. The molecule has 2 aromatic carbocycles. The van der Waals surface area contributed by atoms with Crippen molar-refractivity contribution < 1.29 is 19.4 Å². The van der Waals surface area contributed by atoms with E-state index in [4.69, 9.17) is 9.84 Å². The number of aliphatic carboxylic acids is 1. The summed E-state index contributed by atoms with van der Waals surface area (Å²) in [5.74, 6) is -1.21. The SMILES string of the molecule is O=C(O)CN(CCc1ccccc1)C(=O)CCOCc1ccccc1. The third kappa shape index (κ3) is 7.18. The van der Waals surface area contributed by atoms with Crippen molar-refractivity contribution in [3.05, 3.63) is 71.8 Å². The maximum atomic E-state index is 12.3. The van der Waals surface area contributed by atoms with Gasteiger partial charge in [0, 0.05) is 6.54 Å². The molecule has 0 aliphatic heterocycles. The van der Waals surface area contributed by atoms with E-state index in [0.717, 1.165) is 11.1 Å². The van der Waals surface area contributed by atoms with E-state index in [9.17, 15) is 9.59 Å². The van der Waals surface area contributed by atoms with E-state index >= 15 is 0 Å². The molecule has 0 saturated carbocycles. The van der Waals surface area contributed by atoms with Gasteiger partial charge in [0.05, 0.1) is 19.6 Å². The van der Waals surface area contributed by atoms with Gasteiger partial charge in [0.15, 0.2) is 0 Å². The van der Waals surface area contributed by atoms with Crippen molar-refractivity contribution in [2.75, 3.05) is 19.7 Å². The van der Waals surface area contributed by atoms with Crippen LogP contribution < -0.4 is 0 Å². The molecule has 1 N–H and O–H groups in total. The zero-order valence-electron chi connectivity index (χ0n) is 14.1. The third-order valence-corrected chi connectivity index (χ3v) is 3.76. The van der Waals surface area contributed by atoms with Crippen LogP contribution in [0.5, 0.6) is 0 Å². The second kappa shape index (κ2) is 10.3. The second-order valence-electron chi connectivity index (χ2n) is 5.73. The molecule has 2 aromatic rings. The molecule has 1 amide bonds. The monoisotopic (exact) mass is 341 g/mol. The van der Waals surface area contributed by atoms with E-state index in [2.05, 4.69) is 0 Å². The predicted molar refractivity (Wildman–Crippen MR) is 95.1 cm³/mol. The topological polar surface area (TPSA) is 66.8 Å². The molecule has 0 aliphatic rings. The summed E-state index contributed by atoms with van der Waals surface area (Å²) in [5, 5.41) is 9.03. The summed E-state index contributed by atoms with van der Waals surface area (Å²) in [5.41, 5.74) is 2.12. The van der Waals surface area contributed by atoms with Crippen molar-refractivity contribution in [1.82, 2.24) is 4.90 Å². The fourth-order valence-electron chi connectivity index (χ4n) is 2.45. The molecular formula is C20H23NO4. The van der Waals surface area contributed by atoms with Gasteiger partial charge in [-0.15, -0.1) is 0 Å². The first-order valence-corrected chi connectivity index (χ1v) is 8.30. The Morgan fingerprint density at radius 1 is 0.920 bits per heavy atom. The van der Waals surface area contributed by atoms with Gasteiger partial charge in [0.1, 0.15) is 6.54 Å². The molecule has 5 heteroatoms. The average Bonchev–Trinajstić information content (AvgIpc) is 2.63. The Hall–Kier alpha value is -2.66. The molecule has 5 nitrogen and oxygen atoms in total. The van der Waals surface area contributed by atoms with Crippen molar-refractivity contribution in [3.8, 4) is 0 Å². The van der Waals surface area contributed by atoms with E-state index in [1.54, 1.807) is 0 Å². The average molecular weight is 341 g/mol. The van der Waals surface area contributed by atoms with Crippen molar-refractivity contribution in [3.63, 3.8) is 0 Å². The molecule has 132 valence electrons. The standard InChI is InChI=1S/C20H23NO4/c22-19(12-14-25-16-18-9-5-2-6-10-18)21(15-20(23)24)13-11-17-7-3-1-4-8-17/h1-10H,11-16H2,(H,23,24). The Bertz CT molecular complexity index is 658. The fraction of sp³-hybridized carbons (Fsp3) is 0.300. The number of amides is 1. The molecule has 0 fully saturated rings. The van der Waals surface area contributed by atoms with Gasteiger partial charge in [-0.2, -0.15) is 0 Å². The summed E-state index contributed by atoms with van der Waals surface area (Å²) in [6, 6.07) is 19.4. The molecule has 0 radical (unpaired) electrons.